The molecule has 1 unspecified atom stereocenters. The van der Waals surface area contributed by atoms with E-state index in [1.54, 1.807) is 0 Å². The van der Waals surface area contributed by atoms with Crippen LogP contribution >= 0.6 is 0 Å². The number of ether oxygens (including phenoxy) is 4. The maximum absolute atomic E-state index is 11.1. The minimum Gasteiger partial charge on any atom is -0.492 e. The second kappa shape index (κ2) is 11.7. The summed E-state index contributed by atoms with van der Waals surface area (Å²) in [5.74, 6) is 1.13. The summed E-state index contributed by atoms with van der Waals surface area (Å²) in [4.78, 5) is 11.1. The minimum atomic E-state index is -0.841. The summed E-state index contributed by atoms with van der Waals surface area (Å²) in [5, 5.41) is 28.6. The molecule has 0 spiro atoms. The molecular formula is C31H34O8. The summed E-state index contributed by atoms with van der Waals surface area (Å²) in [7, 11) is 0. The van der Waals surface area contributed by atoms with Crippen LogP contribution in [0.3, 0.4) is 0 Å². The molecule has 2 aliphatic heterocycles. The highest BCUT2D eigenvalue weighted by Gasteiger charge is 2.29. The minimum absolute atomic E-state index is 0.0516. The summed E-state index contributed by atoms with van der Waals surface area (Å²) >= 11 is 0. The zero-order valence-electron chi connectivity index (χ0n) is 22.1. The van der Waals surface area contributed by atoms with E-state index in [0.717, 1.165) is 39.1 Å². The Labute approximate surface area is 227 Å². The molecule has 0 saturated carbocycles. The molecular weight excluding hydrogens is 500 g/mol. The second-order valence-corrected chi connectivity index (χ2v) is 10.4. The Balaban J connectivity index is 1.23. The largest absolute Gasteiger partial charge is 0.492 e. The quantitative estimate of drug-likeness (QED) is 0.370. The zero-order chi connectivity index (χ0) is 27.5. The first-order chi connectivity index (χ1) is 18.8. The van der Waals surface area contributed by atoms with E-state index in [1.165, 1.54) is 0 Å². The average Bonchev–Trinajstić information content (AvgIpc) is 3.29. The standard InChI is InChI=1S/C31H34O8/c1-18-8-24(37-16-25-12-27(32)28(33)17-38-25)9-19(2)31(18)21-5-3-4-20(10-21)14-36-23-6-7-26-22(11-30(34)35)15-39-29(26)13-23/h3-10,13,22,25,27-28,32-33H,11-12,14-17H2,1-2H3,(H,34,35)/t22?,25-,27+,28-/m0/s1. The zero-order valence-corrected chi connectivity index (χ0v) is 22.1. The van der Waals surface area contributed by atoms with E-state index in [9.17, 15) is 15.0 Å². The summed E-state index contributed by atoms with van der Waals surface area (Å²) in [6.45, 7) is 5.28. The first-order valence-electron chi connectivity index (χ1n) is 13.2. The highest BCUT2D eigenvalue weighted by Crippen LogP contribution is 2.38. The molecule has 2 aliphatic rings. The predicted octanol–water partition coefficient (Wildman–Crippen LogP) is 4.39. The molecule has 1 fully saturated rings. The van der Waals surface area contributed by atoms with E-state index in [4.69, 9.17) is 24.1 Å². The lowest BCUT2D eigenvalue weighted by molar-refractivity contribution is -0.137. The number of carbonyl (C=O) groups is 1. The Bertz CT molecular complexity index is 1310. The van der Waals surface area contributed by atoms with Gasteiger partial charge in [0.1, 0.15) is 36.6 Å². The highest BCUT2D eigenvalue weighted by molar-refractivity contribution is 5.72. The number of rotatable bonds is 9. The van der Waals surface area contributed by atoms with Gasteiger partial charge in [-0.25, -0.2) is 0 Å². The monoisotopic (exact) mass is 534 g/mol. The number of aliphatic hydroxyl groups excluding tert-OH is 2. The van der Waals surface area contributed by atoms with Gasteiger partial charge < -0.3 is 34.3 Å². The van der Waals surface area contributed by atoms with Crippen LogP contribution in [-0.2, 0) is 16.1 Å². The molecule has 0 radical (unpaired) electrons. The fraction of sp³-hybridized carbons (Fsp3) is 0.387. The molecule has 3 aromatic carbocycles. The van der Waals surface area contributed by atoms with Crippen LogP contribution in [0.4, 0.5) is 0 Å². The molecule has 8 heteroatoms. The van der Waals surface area contributed by atoms with Crippen molar-refractivity contribution in [2.75, 3.05) is 19.8 Å². The number of benzene rings is 3. The first kappa shape index (κ1) is 27.0. The third kappa shape index (κ3) is 6.36. The smallest absolute Gasteiger partial charge is 0.304 e. The lowest BCUT2D eigenvalue weighted by Crippen LogP contribution is -2.43. The van der Waals surface area contributed by atoms with Crippen LogP contribution in [0.2, 0.25) is 0 Å². The van der Waals surface area contributed by atoms with Crippen molar-refractivity contribution in [1.29, 1.82) is 0 Å². The van der Waals surface area contributed by atoms with Gasteiger partial charge in [0.2, 0.25) is 0 Å². The number of hydrogen-bond acceptors (Lipinski definition) is 7. The molecule has 8 nitrogen and oxygen atoms in total. The maximum Gasteiger partial charge on any atom is 0.304 e. The summed E-state index contributed by atoms with van der Waals surface area (Å²) < 4.78 is 23.3. The third-order valence-electron chi connectivity index (χ3n) is 7.30. The second-order valence-electron chi connectivity index (χ2n) is 10.4. The summed E-state index contributed by atoms with van der Waals surface area (Å²) in [6, 6.07) is 17.8. The average molecular weight is 535 g/mol. The van der Waals surface area contributed by atoms with Crippen LogP contribution in [-0.4, -0.2) is 59.4 Å². The van der Waals surface area contributed by atoms with Gasteiger partial charge in [0.25, 0.3) is 0 Å². The number of carboxylic acids is 1. The molecule has 1 saturated heterocycles. The molecule has 0 bridgehead atoms. The van der Waals surface area contributed by atoms with Gasteiger partial charge in [-0.05, 0) is 65.9 Å². The van der Waals surface area contributed by atoms with E-state index < -0.39 is 18.2 Å². The number of aliphatic hydroxyl groups is 2. The Morgan fingerprint density at radius 2 is 1.74 bits per heavy atom. The van der Waals surface area contributed by atoms with Crippen molar-refractivity contribution in [3.8, 4) is 28.4 Å². The van der Waals surface area contributed by atoms with Crippen LogP contribution < -0.4 is 14.2 Å². The maximum atomic E-state index is 11.1. The van der Waals surface area contributed by atoms with Crippen LogP contribution in [0.5, 0.6) is 17.2 Å². The molecule has 0 aliphatic carbocycles. The highest BCUT2D eigenvalue weighted by atomic mass is 16.5. The Morgan fingerprint density at radius 1 is 0.949 bits per heavy atom. The molecule has 206 valence electrons. The number of aryl methyl sites for hydroxylation is 2. The fourth-order valence-electron chi connectivity index (χ4n) is 5.32. The van der Waals surface area contributed by atoms with Crippen LogP contribution in [0.1, 0.15) is 41.0 Å². The molecule has 3 N–H and O–H groups in total. The predicted molar refractivity (Wildman–Crippen MR) is 144 cm³/mol. The number of hydrogen-bond donors (Lipinski definition) is 3. The van der Waals surface area contributed by atoms with Crippen LogP contribution in [0.15, 0.2) is 54.6 Å². The number of aliphatic carboxylic acids is 1. The van der Waals surface area contributed by atoms with Crippen molar-refractivity contribution in [2.24, 2.45) is 0 Å². The van der Waals surface area contributed by atoms with Gasteiger partial charge in [0.15, 0.2) is 0 Å². The topological polar surface area (TPSA) is 115 Å². The molecule has 3 aromatic rings. The van der Waals surface area contributed by atoms with Gasteiger partial charge >= 0.3 is 5.97 Å². The van der Waals surface area contributed by atoms with Gasteiger partial charge in [-0.2, -0.15) is 0 Å². The lowest BCUT2D eigenvalue weighted by atomic mass is 9.94. The van der Waals surface area contributed by atoms with Gasteiger partial charge in [0, 0.05) is 24.0 Å². The van der Waals surface area contributed by atoms with E-state index >= 15 is 0 Å². The van der Waals surface area contributed by atoms with Crippen molar-refractivity contribution < 1.29 is 39.1 Å². The summed E-state index contributed by atoms with van der Waals surface area (Å²) in [6.07, 6.45) is -1.50. The van der Waals surface area contributed by atoms with E-state index in [-0.39, 0.29) is 25.0 Å². The summed E-state index contributed by atoms with van der Waals surface area (Å²) in [5.41, 5.74) is 6.30. The Morgan fingerprint density at radius 3 is 2.49 bits per heavy atom. The third-order valence-corrected chi connectivity index (χ3v) is 7.30. The first-order valence-corrected chi connectivity index (χ1v) is 13.2. The van der Waals surface area contributed by atoms with Gasteiger partial charge in [-0.1, -0.05) is 24.3 Å². The normalized spacial score (nSPS) is 22.2. The Hall–Kier alpha value is -3.59. The van der Waals surface area contributed by atoms with E-state index in [0.29, 0.717) is 37.7 Å². The van der Waals surface area contributed by atoms with Crippen molar-refractivity contribution in [1.82, 2.24) is 0 Å². The van der Waals surface area contributed by atoms with Crippen LogP contribution in [0.25, 0.3) is 11.1 Å². The fourth-order valence-corrected chi connectivity index (χ4v) is 5.32. The molecule has 39 heavy (non-hydrogen) atoms. The molecule has 2 heterocycles. The van der Waals surface area contributed by atoms with Gasteiger partial charge in [0.05, 0.1) is 31.8 Å². The van der Waals surface area contributed by atoms with E-state index in [2.05, 4.69) is 26.0 Å². The van der Waals surface area contributed by atoms with Gasteiger partial charge in [-0.15, -0.1) is 0 Å². The molecule has 4 atom stereocenters. The molecule has 0 aromatic heterocycles. The number of fused-ring (bicyclic) bond motifs is 1. The van der Waals surface area contributed by atoms with Crippen molar-refractivity contribution in [3.63, 3.8) is 0 Å². The van der Waals surface area contributed by atoms with Gasteiger partial charge in [-0.3, -0.25) is 4.79 Å². The molecule has 0 amide bonds. The van der Waals surface area contributed by atoms with Crippen molar-refractivity contribution in [3.05, 3.63) is 76.9 Å². The number of carboxylic acid groups (broad SMARTS) is 1. The Kier molecular flexibility index (Phi) is 8.07. The van der Waals surface area contributed by atoms with Crippen molar-refractivity contribution >= 4 is 5.97 Å². The van der Waals surface area contributed by atoms with Crippen molar-refractivity contribution in [2.45, 2.75) is 57.5 Å². The molecule has 5 rings (SSSR count). The SMILES string of the molecule is Cc1cc(OC[C@@H]2C[C@@H](O)[C@@H](O)CO2)cc(C)c1-c1cccc(COc2ccc3c(c2)OCC3CC(=O)O)c1. The lowest BCUT2D eigenvalue weighted by Gasteiger charge is -2.30. The van der Waals surface area contributed by atoms with E-state index in [1.807, 2.05) is 42.5 Å². The van der Waals surface area contributed by atoms with Crippen LogP contribution in [0, 0.1) is 13.8 Å².